The number of benzene rings is 1. The van der Waals surface area contributed by atoms with Crippen LogP contribution in [0.2, 0.25) is 0 Å². The van der Waals surface area contributed by atoms with Gasteiger partial charge in [0.1, 0.15) is 5.69 Å². The Hall–Kier alpha value is -3.42. The van der Waals surface area contributed by atoms with Crippen LogP contribution in [0, 0.1) is 19.8 Å². The molecule has 0 atom stereocenters. The number of hydrogen-bond donors (Lipinski definition) is 3. The molecule has 8 nitrogen and oxygen atoms in total. The summed E-state index contributed by atoms with van der Waals surface area (Å²) in [5.74, 6) is -0.444. The van der Waals surface area contributed by atoms with Gasteiger partial charge in [-0.3, -0.25) is 19.4 Å². The van der Waals surface area contributed by atoms with Gasteiger partial charge in [-0.1, -0.05) is 13.8 Å². The van der Waals surface area contributed by atoms with E-state index in [1.807, 2.05) is 34.7 Å². The third-order valence-corrected chi connectivity index (χ3v) is 4.52. The third kappa shape index (κ3) is 3.95. The summed E-state index contributed by atoms with van der Waals surface area (Å²) in [5.41, 5.74) is 5.10. The molecule has 146 valence electrons. The fraction of sp³-hybridized carbons (Fsp3) is 0.300. The smallest absolute Gasteiger partial charge is 0.273 e. The van der Waals surface area contributed by atoms with E-state index in [0.29, 0.717) is 22.8 Å². The molecule has 28 heavy (non-hydrogen) atoms. The summed E-state index contributed by atoms with van der Waals surface area (Å²) in [6.45, 7) is 7.54. The first-order valence-corrected chi connectivity index (χ1v) is 9.04. The second-order valence-corrected chi connectivity index (χ2v) is 7.01. The lowest BCUT2D eigenvalue weighted by molar-refractivity contribution is -0.118. The predicted octanol–water partition coefficient (Wildman–Crippen LogP) is 3.27. The van der Waals surface area contributed by atoms with Gasteiger partial charge in [0.25, 0.3) is 5.91 Å². The van der Waals surface area contributed by atoms with Gasteiger partial charge in [-0.2, -0.15) is 10.2 Å². The van der Waals surface area contributed by atoms with Crippen LogP contribution in [0.1, 0.15) is 35.7 Å². The summed E-state index contributed by atoms with van der Waals surface area (Å²) in [4.78, 5) is 24.2. The highest BCUT2D eigenvalue weighted by molar-refractivity contribution is 6.03. The topological polar surface area (TPSA) is 105 Å². The minimum absolute atomic E-state index is 0.0530. The number of H-pyrrole nitrogens is 1. The summed E-state index contributed by atoms with van der Waals surface area (Å²) >= 11 is 0. The zero-order chi connectivity index (χ0) is 20.4. The first-order chi connectivity index (χ1) is 13.3. The number of anilines is 2. The van der Waals surface area contributed by atoms with Crippen molar-refractivity contribution in [3.8, 4) is 11.3 Å². The van der Waals surface area contributed by atoms with Crippen LogP contribution in [0.4, 0.5) is 11.4 Å². The van der Waals surface area contributed by atoms with E-state index in [1.165, 1.54) is 0 Å². The van der Waals surface area contributed by atoms with Crippen molar-refractivity contribution >= 4 is 23.2 Å². The second kappa shape index (κ2) is 7.67. The van der Waals surface area contributed by atoms with E-state index >= 15 is 0 Å². The average Bonchev–Trinajstić information content (AvgIpc) is 3.21. The number of aryl methyl sites for hydroxylation is 2. The summed E-state index contributed by atoms with van der Waals surface area (Å²) in [6.07, 6.45) is 0. The van der Waals surface area contributed by atoms with Crippen LogP contribution in [-0.4, -0.2) is 31.8 Å². The van der Waals surface area contributed by atoms with Crippen molar-refractivity contribution < 1.29 is 9.59 Å². The van der Waals surface area contributed by atoms with E-state index < -0.39 is 0 Å². The van der Waals surface area contributed by atoms with Gasteiger partial charge < -0.3 is 10.6 Å². The highest BCUT2D eigenvalue weighted by atomic mass is 16.2. The van der Waals surface area contributed by atoms with Crippen molar-refractivity contribution in [3.05, 3.63) is 47.4 Å². The van der Waals surface area contributed by atoms with Crippen LogP contribution >= 0.6 is 0 Å². The molecule has 0 saturated heterocycles. The number of aromatic nitrogens is 4. The van der Waals surface area contributed by atoms with Gasteiger partial charge in [-0.25, -0.2) is 0 Å². The van der Waals surface area contributed by atoms with Gasteiger partial charge in [-0.15, -0.1) is 0 Å². The molecule has 0 spiro atoms. The molecule has 0 bridgehead atoms. The number of aromatic amines is 1. The molecule has 0 unspecified atom stereocenters. The standard InChI is InChI=1S/C20H24N6O2/c1-11(2)19(27)21-14-6-8-15(9-7-14)22-20(28)17-10-16(23-24-17)18-12(3)25-26(5)13(18)4/h6-11H,1-5H3,(H,21,27)(H,22,28)(H,23,24). The maximum atomic E-state index is 12.5. The quantitative estimate of drug-likeness (QED) is 0.632. The fourth-order valence-corrected chi connectivity index (χ4v) is 2.83. The number of rotatable bonds is 5. The fourth-order valence-electron chi connectivity index (χ4n) is 2.83. The Morgan fingerprint density at radius 1 is 1.07 bits per heavy atom. The monoisotopic (exact) mass is 380 g/mol. The predicted molar refractivity (Wildman–Crippen MR) is 108 cm³/mol. The maximum absolute atomic E-state index is 12.5. The molecule has 0 aliphatic carbocycles. The van der Waals surface area contributed by atoms with Gasteiger partial charge in [0, 0.05) is 35.6 Å². The van der Waals surface area contributed by atoms with Crippen LogP contribution in [0.5, 0.6) is 0 Å². The Labute approximate surface area is 163 Å². The summed E-state index contributed by atoms with van der Waals surface area (Å²) in [5, 5.41) is 17.1. The molecule has 3 N–H and O–H groups in total. The Bertz CT molecular complexity index is 1010. The van der Waals surface area contributed by atoms with Crippen molar-refractivity contribution in [1.29, 1.82) is 0 Å². The first kappa shape index (κ1) is 19.3. The molecule has 3 aromatic rings. The van der Waals surface area contributed by atoms with E-state index in [1.54, 1.807) is 35.0 Å². The average molecular weight is 380 g/mol. The number of nitrogens with zero attached hydrogens (tertiary/aromatic N) is 3. The van der Waals surface area contributed by atoms with Crippen LogP contribution in [0.15, 0.2) is 30.3 Å². The Morgan fingerprint density at radius 2 is 1.68 bits per heavy atom. The molecule has 2 heterocycles. The van der Waals surface area contributed by atoms with Crippen molar-refractivity contribution in [1.82, 2.24) is 20.0 Å². The molecule has 2 aromatic heterocycles. The zero-order valence-corrected chi connectivity index (χ0v) is 16.6. The van der Waals surface area contributed by atoms with Gasteiger partial charge in [-0.05, 0) is 44.2 Å². The molecule has 1 aromatic carbocycles. The third-order valence-electron chi connectivity index (χ3n) is 4.52. The van der Waals surface area contributed by atoms with Gasteiger partial charge in [0.15, 0.2) is 0 Å². The van der Waals surface area contributed by atoms with E-state index in [-0.39, 0.29) is 17.7 Å². The van der Waals surface area contributed by atoms with E-state index in [2.05, 4.69) is 25.9 Å². The molecule has 0 saturated carbocycles. The minimum Gasteiger partial charge on any atom is -0.326 e. The van der Waals surface area contributed by atoms with E-state index in [4.69, 9.17) is 0 Å². The molecular formula is C20H24N6O2. The molecule has 0 radical (unpaired) electrons. The van der Waals surface area contributed by atoms with Crippen LogP contribution < -0.4 is 10.6 Å². The lowest BCUT2D eigenvalue weighted by Crippen LogP contribution is -2.17. The summed E-state index contributed by atoms with van der Waals surface area (Å²) < 4.78 is 1.79. The summed E-state index contributed by atoms with van der Waals surface area (Å²) in [6, 6.07) is 8.68. The largest absolute Gasteiger partial charge is 0.326 e. The lowest BCUT2D eigenvalue weighted by Gasteiger charge is -2.09. The van der Waals surface area contributed by atoms with E-state index in [9.17, 15) is 9.59 Å². The lowest BCUT2D eigenvalue weighted by atomic mass is 10.1. The van der Waals surface area contributed by atoms with Crippen molar-refractivity contribution in [2.75, 3.05) is 10.6 Å². The highest BCUT2D eigenvalue weighted by Crippen LogP contribution is 2.25. The van der Waals surface area contributed by atoms with Crippen LogP contribution in [-0.2, 0) is 11.8 Å². The van der Waals surface area contributed by atoms with Crippen LogP contribution in [0.25, 0.3) is 11.3 Å². The number of amides is 2. The molecule has 3 rings (SSSR count). The Kier molecular flexibility index (Phi) is 5.30. The Morgan fingerprint density at radius 3 is 2.21 bits per heavy atom. The van der Waals surface area contributed by atoms with Gasteiger partial charge in [0.2, 0.25) is 5.91 Å². The SMILES string of the molecule is Cc1nn(C)c(C)c1-c1cc(C(=O)Nc2ccc(NC(=O)C(C)C)cc2)[nH]n1. The molecule has 0 fully saturated rings. The molecule has 8 heteroatoms. The van der Waals surface area contributed by atoms with Crippen LogP contribution in [0.3, 0.4) is 0 Å². The van der Waals surface area contributed by atoms with Gasteiger partial charge in [0.05, 0.1) is 11.4 Å². The number of nitrogens with one attached hydrogen (secondary N) is 3. The number of hydrogen-bond acceptors (Lipinski definition) is 4. The number of carbonyl (C=O) groups excluding carboxylic acids is 2. The second-order valence-electron chi connectivity index (χ2n) is 7.01. The van der Waals surface area contributed by atoms with Crippen molar-refractivity contribution in [2.45, 2.75) is 27.7 Å². The normalized spacial score (nSPS) is 10.9. The Balaban J connectivity index is 1.70. The van der Waals surface area contributed by atoms with Gasteiger partial charge >= 0.3 is 0 Å². The minimum atomic E-state index is -0.295. The maximum Gasteiger partial charge on any atom is 0.273 e. The molecule has 2 amide bonds. The van der Waals surface area contributed by atoms with Crippen molar-refractivity contribution in [3.63, 3.8) is 0 Å². The molecular weight excluding hydrogens is 356 g/mol. The van der Waals surface area contributed by atoms with E-state index in [0.717, 1.165) is 17.0 Å². The number of carbonyl (C=O) groups is 2. The first-order valence-electron chi connectivity index (χ1n) is 9.04. The van der Waals surface area contributed by atoms with Crippen molar-refractivity contribution in [2.24, 2.45) is 13.0 Å². The molecule has 0 aliphatic rings. The summed E-state index contributed by atoms with van der Waals surface area (Å²) in [7, 11) is 1.87. The highest BCUT2D eigenvalue weighted by Gasteiger charge is 2.17. The zero-order valence-electron chi connectivity index (χ0n) is 16.6. The molecule has 0 aliphatic heterocycles.